The van der Waals surface area contributed by atoms with E-state index in [1.165, 1.54) is 0 Å². The number of alkyl halides is 6. The molecule has 3 N–H and O–H groups in total. The standard InChI is InChI=1S/C24H22F7N3O6S2/c25-15-3-6-17(7-4-15)42(38,39)34-16(10-19(35)32-11-21(41)12-33-20(36)40-21)5-1-13-9-14(2-8-18(13)34)22(37,23(26,27)28)24(29,30)31/h2-4,6-9,16,37,41H,1,5,10-12H2,(H,32,35)(H,33,36)/t16-,21?/m0/s1. The second kappa shape index (κ2) is 10.8. The first kappa shape index (κ1) is 31.7. The van der Waals surface area contributed by atoms with Crippen LogP contribution in [-0.2, 0) is 31.6 Å². The Morgan fingerprint density at radius 2 is 1.74 bits per heavy atom. The maximum Gasteiger partial charge on any atom is 0.430 e. The number of cyclic esters (lactones) is 1. The Balaban J connectivity index is 1.72. The van der Waals surface area contributed by atoms with E-state index in [1.54, 1.807) is 0 Å². The number of halogens is 7. The molecule has 0 radical (unpaired) electrons. The molecule has 2 aromatic carbocycles. The minimum atomic E-state index is -6.16. The lowest BCUT2D eigenvalue weighted by atomic mass is 9.87. The zero-order valence-electron chi connectivity index (χ0n) is 21.1. The van der Waals surface area contributed by atoms with E-state index in [4.69, 9.17) is 4.74 Å². The van der Waals surface area contributed by atoms with Gasteiger partial charge in [-0.2, -0.15) is 26.3 Å². The second-order valence-electron chi connectivity index (χ2n) is 9.67. The molecule has 18 heteroatoms. The molecule has 1 unspecified atom stereocenters. The lowest BCUT2D eigenvalue weighted by molar-refractivity contribution is -0.376. The van der Waals surface area contributed by atoms with Gasteiger partial charge in [-0.25, -0.2) is 17.6 Å². The molecule has 4 rings (SSSR count). The van der Waals surface area contributed by atoms with Gasteiger partial charge in [0.15, 0.2) is 4.93 Å². The van der Waals surface area contributed by atoms with Crippen LogP contribution in [0, 0.1) is 5.82 Å². The summed E-state index contributed by atoms with van der Waals surface area (Å²) < 4.78 is 127. The van der Waals surface area contributed by atoms with Crippen molar-refractivity contribution in [2.45, 2.75) is 53.1 Å². The third-order valence-electron chi connectivity index (χ3n) is 6.78. The Morgan fingerprint density at radius 3 is 2.29 bits per heavy atom. The molecule has 2 atom stereocenters. The number of anilines is 1. The number of alkyl carbamates (subject to hydrolysis) is 1. The van der Waals surface area contributed by atoms with Crippen LogP contribution in [0.5, 0.6) is 0 Å². The van der Waals surface area contributed by atoms with Gasteiger partial charge in [-0.1, -0.05) is 12.1 Å². The SMILES string of the molecule is O=C(C[C@@H]1CCc2cc(C(O)(C(F)(F)F)C(F)(F)F)ccc2N1S(=O)(=O)c1ccc(F)cc1)NCC1(S)CNC(=O)O1. The predicted molar refractivity (Wildman–Crippen MR) is 134 cm³/mol. The van der Waals surface area contributed by atoms with Gasteiger partial charge in [0.25, 0.3) is 15.6 Å². The van der Waals surface area contributed by atoms with Crippen LogP contribution in [0.25, 0.3) is 0 Å². The van der Waals surface area contributed by atoms with Gasteiger partial charge in [0.2, 0.25) is 5.91 Å². The fourth-order valence-corrected chi connectivity index (χ4v) is 6.61. The van der Waals surface area contributed by atoms with E-state index in [0.29, 0.717) is 22.5 Å². The molecule has 0 saturated carbocycles. The monoisotopic (exact) mass is 645 g/mol. The summed E-state index contributed by atoms with van der Waals surface area (Å²) in [6.07, 6.45) is -14.1. The smallest absolute Gasteiger partial charge is 0.428 e. The lowest BCUT2D eigenvalue weighted by Crippen LogP contribution is -2.54. The summed E-state index contributed by atoms with van der Waals surface area (Å²) in [6.45, 7) is -0.333. The minimum absolute atomic E-state index is 0.0539. The highest BCUT2D eigenvalue weighted by Crippen LogP contribution is 2.51. The highest BCUT2D eigenvalue weighted by Gasteiger charge is 2.71. The number of thiol groups is 1. The fourth-order valence-electron chi connectivity index (χ4n) is 4.66. The van der Waals surface area contributed by atoms with Crippen molar-refractivity contribution in [2.24, 2.45) is 0 Å². The number of amides is 2. The number of carbonyl (C=O) groups excluding carboxylic acids is 2. The lowest BCUT2D eigenvalue weighted by Gasteiger charge is -2.39. The number of hydrogen-bond donors (Lipinski definition) is 4. The van der Waals surface area contributed by atoms with Gasteiger partial charge >= 0.3 is 18.4 Å². The summed E-state index contributed by atoms with van der Waals surface area (Å²) in [5.41, 5.74) is -7.43. The largest absolute Gasteiger partial charge is 0.430 e. The molecule has 2 aliphatic rings. The number of hydrogen-bond acceptors (Lipinski definition) is 7. The maximum absolute atomic E-state index is 13.7. The van der Waals surface area contributed by atoms with E-state index in [1.807, 2.05) is 0 Å². The van der Waals surface area contributed by atoms with Gasteiger partial charge in [0.05, 0.1) is 29.7 Å². The number of carbonyl (C=O) groups is 2. The topological polar surface area (TPSA) is 125 Å². The van der Waals surface area contributed by atoms with Gasteiger partial charge in [-0.3, -0.25) is 9.10 Å². The summed E-state index contributed by atoms with van der Waals surface area (Å²) in [5, 5.41) is 14.6. The van der Waals surface area contributed by atoms with Gasteiger partial charge in [-0.05, 0) is 48.7 Å². The Labute approximate surface area is 239 Å². The number of aryl methyl sites for hydroxylation is 1. The van der Waals surface area contributed by atoms with E-state index in [0.717, 1.165) is 24.3 Å². The van der Waals surface area contributed by atoms with E-state index in [2.05, 4.69) is 23.3 Å². The van der Waals surface area contributed by atoms with Crippen LogP contribution < -0.4 is 14.9 Å². The third-order valence-corrected chi connectivity index (χ3v) is 9.07. The molecular weight excluding hydrogens is 623 g/mol. The van der Waals surface area contributed by atoms with Crippen molar-refractivity contribution < 1.29 is 58.6 Å². The van der Waals surface area contributed by atoms with E-state index in [-0.39, 0.29) is 37.2 Å². The second-order valence-corrected chi connectivity index (χ2v) is 12.3. The zero-order chi connectivity index (χ0) is 31.3. The Morgan fingerprint density at radius 1 is 1.12 bits per heavy atom. The highest BCUT2D eigenvalue weighted by atomic mass is 32.2. The summed E-state index contributed by atoms with van der Waals surface area (Å²) in [7, 11) is -4.66. The first-order chi connectivity index (χ1) is 19.3. The van der Waals surface area contributed by atoms with Crippen LogP contribution in [0.2, 0.25) is 0 Å². The average molecular weight is 646 g/mol. The van der Waals surface area contributed by atoms with Gasteiger partial charge < -0.3 is 20.5 Å². The Bertz CT molecular complexity index is 1470. The molecule has 2 heterocycles. The Hall–Kier alpha value is -3.25. The maximum atomic E-state index is 13.7. The van der Waals surface area contributed by atoms with Crippen molar-refractivity contribution in [1.29, 1.82) is 0 Å². The number of nitrogens with one attached hydrogen (secondary N) is 2. The van der Waals surface area contributed by atoms with E-state index < -0.39 is 73.6 Å². The van der Waals surface area contributed by atoms with Gasteiger partial charge in [0.1, 0.15) is 5.82 Å². The summed E-state index contributed by atoms with van der Waals surface area (Å²) in [5.74, 6) is -1.52. The van der Waals surface area contributed by atoms with Crippen molar-refractivity contribution in [3.05, 3.63) is 59.4 Å². The van der Waals surface area contributed by atoms with E-state index in [9.17, 15) is 53.8 Å². The molecule has 2 aliphatic heterocycles. The fraction of sp³-hybridized carbons (Fsp3) is 0.417. The normalized spacial score (nSPS) is 21.4. The number of rotatable bonds is 7. The predicted octanol–water partition coefficient (Wildman–Crippen LogP) is 3.52. The van der Waals surface area contributed by atoms with Crippen LogP contribution in [-0.4, -0.2) is 61.9 Å². The molecule has 9 nitrogen and oxygen atoms in total. The molecule has 0 bridgehead atoms. The van der Waals surface area contributed by atoms with Crippen molar-refractivity contribution in [3.8, 4) is 0 Å². The highest BCUT2D eigenvalue weighted by molar-refractivity contribution is 7.92. The summed E-state index contributed by atoms with van der Waals surface area (Å²) in [4.78, 5) is 22.3. The number of fused-ring (bicyclic) bond motifs is 1. The Kier molecular flexibility index (Phi) is 8.14. The third kappa shape index (κ3) is 5.83. The molecule has 230 valence electrons. The molecule has 1 saturated heterocycles. The first-order valence-corrected chi connectivity index (χ1v) is 13.9. The number of aliphatic hydroxyl groups is 1. The summed E-state index contributed by atoms with van der Waals surface area (Å²) in [6, 6.07) is 3.70. The minimum Gasteiger partial charge on any atom is -0.428 e. The molecule has 42 heavy (non-hydrogen) atoms. The van der Waals surface area contributed by atoms with Crippen molar-refractivity contribution in [3.63, 3.8) is 0 Å². The number of nitrogens with zero attached hydrogens (tertiary/aromatic N) is 1. The summed E-state index contributed by atoms with van der Waals surface area (Å²) >= 11 is 4.17. The molecule has 0 spiro atoms. The molecule has 2 amide bonds. The van der Waals surface area contributed by atoms with Gasteiger partial charge in [-0.15, -0.1) is 12.6 Å². The van der Waals surface area contributed by atoms with E-state index >= 15 is 0 Å². The molecule has 0 aromatic heterocycles. The van der Waals surface area contributed by atoms with Gasteiger partial charge in [0, 0.05) is 12.0 Å². The quantitative estimate of drug-likeness (QED) is 0.270. The van der Waals surface area contributed by atoms with Crippen molar-refractivity contribution in [1.82, 2.24) is 10.6 Å². The zero-order valence-corrected chi connectivity index (χ0v) is 22.8. The molecular formula is C24H22F7N3O6S2. The molecule has 1 fully saturated rings. The number of sulfonamides is 1. The average Bonchev–Trinajstić information content (AvgIpc) is 3.23. The number of ether oxygens (including phenoxy) is 1. The van der Waals surface area contributed by atoms with Crippen LogP contribution in [0.3, 0.4) is 0 Å². The van der Waals surface area contributed by atoms with Crippen molar-refractivity contribution >= 4 is 40.3 Å². The number of benzene rings is 2. The van der Waals surface area contributed by atoms with Crippen molar-refractivity contribution in [2.75, 3.05) is 17.4 Å². The van der Waals surface area contributed by atoms with Crippen LogP contribution in [0.15, 0.2) is 47.4 Å². The van der Waals surface area contributed by atoms with Crippen LogP contribution >= 0.6 is 12.6 Å². The van der Waals surface area contributed by atoms with Crippen LogP contribution in [0.1, 0.15) is 24.0 Å². The molecule has 2 aromatic rings. The first-order valence-electron chi connectivity index (χ1n) is 12.0. The van der Waals surface area contributed by atoms with Crippen LogP contribution in [0.4, 0.5) is 41.2 Å². The molecule has 0 aliphatic carbocycles.